The van der Waals surface area contributed by atoms with Crippen LogP contribution in [0.2, 0.25) is 0 Å². The molecule has 0 atom stereocenters. The van der Waals surface area contributed by atoms with Crippen molar-refractivity contribution >= 4 is 11.9 Å². The minimum atomic E-state index is -0.367. The molecule has 2 heterocycles. The summed E-state index contributed by atoms with van der Waals surface area (Å²) in [6.07, 6.45) is 1.74. The van der Waals surface area contributed by atoms with E-state index in [1.165, 1.54) is 0 Å². The van der Waals surface area contributed by atoms with E-state index < -0.39 is 0 Å². The molecular formula is C9H12N2O3. The highest BCUT2D eigenvalue weighted by Gasteiger charge is 2.21. The van der Waals surface area contributed by atoms with Crippen LogP contribution in [0.15, 0.2) is 16.9 Å². The van der Waals surface area contributed by atoms with Crippen molar-refractivity contribution in [2.24, 2.45) is 4.99 Å². The Labute approximate surface area is 82.0 Å². The molecule has 2 aliphatic rings. The van der Waals surface area contributed by atoms with Gasteiger partial charge in [-0.25, -0.2) is 9.79 Å². The lowest BCUT2D eigenvalue weighted by atomic mass is 10.4. The zero-order chi connectivity index (χ0) is 9.97. The van der Waals surface area contributed by atoms with Gasteiger partial charge >= 0.3 is 5.97 Å². The Bertz CT molecular complexity index is 303. The van der Waals surface area contributed by atoms with E-state index in [1.807, 2.05) is 4.90 Å². The molecule has 0 saturated carbocycles. The third-order valence-electron chi connectivity index (χ3n) is 2.08. The summed E-state index contributed by atoms with van der Waals surface area (Å²) < 4.78 is 9.99. The summed E-state index contributed by atoms with van der Waals surface area (Å²) in [4.78, 5) is 17.2. The van der Waals surface area contributed by atoms with Crippen LogP contribution in [0, 0.1) is 0 Å². The van der Waals surface area contributed by atoms with Crippen molar-refractivity contribution in [2.75, 3.05) is 26.3 Å². The lowest BCUT2D eigenvalue weighted by Gasteiger charge is -2.24. The van der Waals surface area contributed by atoms with Crippen LogP contribution < -0.4 is 0 Å². The largest absolute Gasteiger partial charge is 0.407 e. The number of cyclic esters (lactones) is 1. The van der Waals surface area contributed by atoms with E-state index in [0.29, 0.717) is 24.8 Å². The lowest BCUT2D eigenvalue weighted by Crippen LogP contribution is -2.32. The zero-order valence-corrected chi connectivity index (χ0v) is 8.02. The molecule has 5 heteroatoms. The molecule has 0 aromatic heterocycles. The van der Waals surface area contributed by atoms with Gasteiger partial charge in [0.25, 0.3) is 0 Å². The summed E-state index contributed by atoms with van der Waals surface area (Å²) in [6, 6.07) is 0. The first kappa shape index (κ1) is 9.21. The van der Waals surface area contributed by atoms with Crippen LogP contribution in [0.25, 0.3) is 0 Å². The van der Waals surface area contributed by atoms with E-state index in [1.54, 1.807) is 13.1 Å². The minimum absolute atomic E-state index is 0.367. The van der Waals surface area contributed by atoms with Gasteiger partial charge < -0.3 is 14.4 Å². The van der Waals surface area contributed by atoms with Crippen LogP contribution in [-0.2, 0) is 14.3 Å². The summed E-state index contributed by atoms with van der Waals surface area (Å²) >= 11 is 0. The van der Waals surface area contributed by atoms with Crippen LogP contribution in [0.3, 0.4) is 0 Å². The minimum Gasteiger partial charge on any atom is -0.407 e. The Morgan fingerprint density at radius 2 is 2.14 bits per heavy atom. The molecule has 0 bridgehead atoms. The van der Waals surface area contributed by atoms with Crippen molar-refractivity contribution in [3.05, 3.63) is 11.9 Å². The molecule has 0 N–H and O–H groups in total. The summed E-state index contributed by atoms with van der Waals surface area (Å²) in [5, 5.41) is 0. The summed E-state index contributed by atoms with van der Waals surface area (Å²) in [7, 11) is 0. The molecule has 0 aliphatic carbocycles. The third-order valence-corrected chi connectivity index (χ3v) is 2.08. The summed E-state index contributed by atoms with van der Waals surface area (Å²) in [5.41, 5.74) is 0.379. The van der Waals surface area contributed by atoms with Crippen molar-refractivity contribution in [3.63, 3.8) is 0 Å². The van der Waals surface area contributed by atoms with Crippen LogP contribution >= 0.6 is 0 Å². The highest BCUT2D eigenvalue weighted by molar-refractivity contribution is 6.03. The maximum Gasteiger partial charge on any atom is 0.365 e. The molecule has 0 aromatic carbocycles. The Kier molecular flexibility index (Phi) is 2.49. The lowest BCUT2D eigenvalue weighted by molar-refractivity contribution is -0.130. The fraction of sp³-hybridized carbons (Fsp3) is 0.556. The average molecular weight is 196 g/mol. The molecule has 0 unspecified atom stereocenters. The number of hydrogen-bond donors (Lipinski definition) is 0. The van der Waals surface area contributed by atoms with Gasteiger partial charge in [-0.2, -0.15) is 0 Å². The topological polar surface area (TPSA) is 51.1 Å². The van der Waals surface area contributed by atoms with Gasteiger partial charge in [0, 0.05) is 26.2 Å². The number of carbonyl (C=O) groups excluding carboxylic acids is 1. The van der Waals surface area contributed by atoms with E-state index in [-0.39, 0.29) is 5.97 Å². The predicted molar refractivity (Wildman–Crippen MR) is 49.7 cm³/mol. The van der Waals surface area contributed by atoms with Gasteiger partial charge in [-0.15, -0.1) is 0 Å². The van der Waals surface area contributed by atoms with Crippen LogP contribution in [-0.4, -0.2) is 43.1 Å². The fourth-order valence-electron chi connectivity index (χ4n) is 1.39. The second kappa shape index (κ2) is 3.79. The van der Waals surface area contributed by atoms with E-state index >= 15 is 0 Å². The number of esters is 1. The zero-order valence-electron chi connectivity index (χ0n) is 8.02. The van der Waals surface area contributed by atoms with E-state index in [2.05, 4.69) is 4.99 Å². The van der Waals surface area contributed by atoms with Gasteiger partial charge in [0.1, 0.15) is 0 Å². The van der Waals surface area contributed by atoms with Gasteiger partial charge in [0.15, 0.2) is 11.6 Å². The molecule has 5 nitrogen and oxygen atoms in total. The molecule has 1 saturated heterocycles. The Morgan fingerprint density at radius 1 is 1.43 bits per heavy atom. The van der Waals surface area contributed by atoms with Crippen LogP contribution in [0.1, 0.15) is 6.92 Å². The first-order valence-electron chi connectivity index (χ1n) is 4.57. The standard InChI is InChI=1S/C9H12N2O3/c1-7-10-8(9(12)14-7)6-11-2-4-13-5-3-11/h6H,2-5H2,1H3/b8-6-. The monoisotopic (exact) mass is 196 g/mol. The van der Waals surface area contributed by atoms with E-state index in [0.717, 1.165) is 13.1 Å². The molecule has 14 heavy (non-hydrogen) atoms. The molecule has 0 spiro atoms. The highest BCUT2D eigenvalue weighted by atomic mass is 16.6. The Balaban J connectivity index is 2.05. The molecule has 0 aromatic rings. The predicted octanol–water partition coefficient (Wildman–Crippen LogP) is 0.135. The van der Waals surface area contributed by atoms with Crippen molar-refractivity contribution < 1.29 is 14.3 Å². The molecule has 76 valence electrons. The number of ether oxygens (including phenoxy) is 2. The number of hydrogen-bond acceptors (Lipinski definition) is 5. The molecule has 2 rings (SSSR count). The third kappa shape index (κ3) is 1.93. The number of aliphatic imine (C=N–C) groups is 1. The van der Waals surface area contributed by atoms with Crippen molar-refractivity contribution in [1.29, 1.82) is 0 Å². The number of morpholine rings is 1. The van der Waals surface area contributed by atoms with Crippen LogP contribution in [0.5, 0.6) is 0 Å². The van der Waals surface area contributed by atoms with Crippen molar-refractivity contribution in [1.82, 2.24) is 4.90 Å². The van der Waals surface area contributed by atoms with Crippen LogP contribution in [0.4, 0.5) is 0 Å². The first-order chi connectivity index (χ1) is 6.75. The van der Waals surface area contributed by atoms with Crippen molar-refractivity contribution in [3.8, 4) is 0 Å². The Morgan fingerprint density at radius 3 is 2.71 bits per heavy atom. The first-order valence-corrected chi connectivity index (χ1v) is 4.57. The quantitative estimate of drug-likeness (QED) is 0.442. The summed E-state index contributed by atoms with van der Waals surface area (Å²) in [5.74, 6) is 0.0449. The number of rotatable bonds is 1. The fourth-order valence-corrected chi connectivity index (χ4v) is 1.39. The van der Waals surface area contributed by atoms with Gasteiger partial charge in [0.2, 0.25) is 0 Å². The molecule has 1 fully saturated rings. The number of nitrogens with zero attached hydrogens (tertiary/aromatic N) is 2. The molecular weight excluding hydrogens is 184 g/mol. The Hall–Kier alpha value is -1.36. The maximum atomic E-state index is 11.2. The maximum absolute atomic E-state index is 11.2. The summed E-state index contributed by atoms with van der Waals surface area (Å²) in [6.45, 7) is 4.65. The van der Waals surface area contributed by atoms with E-state index in [4.69, 9.17) is 9.47 Å². The second-order valence-electron chi connectivity index (χ2n) is 3.18. The molecule has 2 aliphatic heterocycles. The highest BCUT2D eigenvalue weighted by Crippen LogP contribution is 2.12. The van der Waals surface area contributed by atoms with Crippen molar-refractivity contribution in [2.45, 2.75) is 6.92 Å². The van der Waals surface area contributed by atoms with Gasteiger partial charge in [-0.05, 0) is 0 Å². The van der Waals surface area contributed by atoms with Gasteiger partial charge in [-0.1, -0.05) is 0 Å². The van der Waals surface area contributed by atoms with Gasteiger partial charge in [0.05, 0.1) is 13.2 Å². The smallest absolute Gasteiger partial charge is 0.365 e. The second-order valence-corrected chi connectivity index (χ2v) is 3.18. The average Bonchev–Trinajstić information content (AvgIpc) is 2.47. The number of carbonyl (C=O) groups is 1. The normalized spacial score (nSPS) is 25.2. The molecule has 0 radical (unpaired) electrons. The van der Waals surface area contributed by atoms with Gasteiger partial charge in [-0.3, -0.25) is 0 Å². The SMILES string of the molecule is CC1=N/C(=C\N2CCOCC2)C(=O)O1. The van der Waals surface area contributed by atoms with E-state index in [9.17, 15) is 4.79 Å². The molecule has 0 amide bonds.